The molecule has 3 nitrogen and oxygen atoms in total. The Bertz CT molecular complexity index is 343. The third-order valence-corrected chi connectivity index (χ3v) is 2.62. The summed E-state index contributed by atoms with van der Waals surface area (Å²) >= 11 is 0. The minimum absolute atomic E-state index is 0.521. The lowest BCUT2D eigenvalue weighted by Crippen LogP contribution is -2.08. The molecule has 1 aromatic heterocycles. The van der Waals surface area contributed by atoms with Gasteiger partial charge in [0.15, 0.2) is 0 Å². The van der Waals surface area contributed by atoms with Crippen LogP contribution < -0.4 is 5.73 Å². The maximum absolute atomic E-state index is 5.65. The molecule has 1 aliphatic carbocycles. The largest absolute Gasteiger partial charge is 0.325 e. The Morgan fingerprint density at radius 2 is 2.00 bits per heavy atom. The summed E-state index contributed by atoms with van der Waals surface area (Å²) in [5, 5.41) is 0. The van der Waals surface area contributed by atoms with Crippen LogP contribution in [-0.4, -0.2) is 9.97 Å². The summed E-state index contributed by atoms with van der Waals surface area (Å²) in [5.41, 5.74) is 7.79. The number of aromatic nitrogens is 2. The fourth-order valence-corrected chi connectivity index (χ4v) is 1.73. The second-order valence-corrected chi connectivity index (χ2v) is 4.79. The highest BCUT2D eigenvalue weighted by molar-refractivity contribution is 5.16. The van der Waals surface area contributed by atoms with Gasteiger partial charge in [-0.25, -0.2) is 9.97 Å². The Morgan fingerprint density at radius 3 is 2.53 bits per heavy atom. The van der Waals surface area contributed by atoms with Gasteiger partial charge in [-0.15, -0.1) is 0 Å². The molecule has 1 aliphatic rings. The Labute approximate surface area is 91.1 Å². The first-order valence-electron chi connectivity index (χ1n) is 5.76. The lowest BCUT2D eigenvalue weighted by molar-refractivity contribution is 0.627. The minimum Gasteiger partial charge on any atom is -0.325 e. The van der Waals surface area contributed by atoms with E-state index in [0.29, 0.717) is 18.4 Å². The molecule has 15 heavy (non-hydrogen) atoms. The second-order valence-electron chi connectivity index (χ2n) is 4.79. The lowest BCUT2D eigenvalue weighted by atomic mass is 10.1. The fourth-order valence-electron chi connectivity index (χ4n) is 1.73. The van der Waals surface area contributed by atoms with E-state index in [9.17, 15) is 0 Å². The van der Waals surface area contributed by atoms with E-state index in [1.807, 2.05) is 6.07 Å². The summed E-state index contributed by atoms with van der Waals surface area (Å²) < 4.78 is 0. The zero-order chi connectivity index (χ0) is 10.8. The van der Waals surface area contributed by atoms with E-state index in [1.165, 1.54) is 12.8 Å². The van der Waals surface area contributed by atoms with Crippen molar-refractivity contribution in [3.05, 3.63) is 23.3 Å². The third kappa shape index (κ3) is 2.75. The van der Waals surface area contributed by atoms with Crippen molar-refractivity contribution in [2.75, 3.05) is 0 Å². The topological polar surface area (TPSA) is 51.8 Å². The molecule has 0 atom stereocenters. The summed E-state index contributed by atoms with van der Waals surface area (Å²) in [6.07, 6.45) is 3.51. The van der Waals surface area contributed by atoms with Gasteiger partial charge in [0.05, 0.1) is 5.69 Å². The molecule has 0 saturated heterocycles. The molecule has 0 spiro atoms. The summed E-state index contributed by atoms with van der Waals surface area (Å²) in [5.74, 6) is 2.27. The molecule has 1 heterocycles. The van der Waals surface area contributed by atoms with Gasteiger partial charge >= 0.3 is 0 Å². The monoisotopic (exact) mass is 205 g/mol. The SMILES string of the molecule is CC(C)Cc1cc(CN)nc(C2CC2)n1. The van der Waals surface area contributed by atoms with Crippen LogP contribution in [0.2, 0.25) is 0 Å². The van der Waals surface area contributed by atoms with Gasteiger partial charge < -0.3 is 5.73 Å². The van der Waals surface area contributed by atoms with Crippen LogP contribution in [0.1, 0.15) is 49.8 Å². The number of nitrogens with zero attached hydrogens (tertiary/aromatic N) is 2. The molecule has 0 aliphatic heterocycles. The molecule has 82 valence electrons. The zero-order valence-corrected chi connectivity index (χ0v) is 9.53. The van der Waals surface area contributed by atoms with Crippen LogP contribution in [0.25, 0.3) is 0 Å². The van der Waals surface area contributed by atoms with Crippen molar-refractivity contribution in [1.29, 1.82) is 0 Å². The number of hydrogen-bond acceptors (Lipinski definition) is 3. The van der Waals surface area contributed by atoms with Crippen LogP contribution in [0.4, 0.5) is 0 Å². The maximum Gasteiger partial charge on any atom is 0.131 e. The average Bonchev–Trinajstić information content (AvgIpc) is 2.99. The summed E-state index contributed by atoms with van der Waals surface area (Å²) in [6.45, 7) is 4.94. The van der Waals surface area contributed by atoms with Crippen molar-refractivity contribution >= 4 is 0 Å². The zero-order valence-electron chi connectivity index (χ0n) is 9.53. The Balaban J connectivity index is 2.24. The van der Waals surface area contributed by atoms with Crippen LogP contribution in [-0.2, 0) is 13.0 Å². The maximum atomic E-state index is 5.65. The van der Waals surface area contributed by atoms with Crippen LogP contribution in [0, 0.1) is 5.92 Å². The first-order valence-corrected chi connectivity index (χ1v) is 5.76. The molecule has 3 heteroatoms. The smallest absolute Gasteiger partial charge is 0.131 e. The van der Waals surface area contributed by atoms with E-state index < -0.39 is 0 Å². The van der Waals surface area contributed by atoms with Crippen LogP contribution >= 0.6 is 0 Å². The average molecular weight is 205 g/mol. The van der Waals surface area contributed by atoms with Gasteiger partial charge in [-0.3, -0.25) is 0 Å². The second kappa shape index (κ2) is 4.27. The summed E-state index contributed by atoms with van der Waals surface area (Å²) in [4.78, 5) is 9.10. The molecule has 2 N–H and O–H groups in total. The van der Waals surface area contributed by atoms with Gasteiger partial charge in [0.1, 0.15) is 5.82 Å². The highest BCUT2D eigenvalue weighted by Gasteiger charge is 2.27. The molecule has 0 amide bonds. The van der Waals surface area contributed by atoms with E-state index in [1.54, 1.807) is 0 Å². The molecule has 1 fully saturated rings. The minimum atomic E-state index is 0.521. The quantitative estimate of drug-likeness (QED) is 0.818. The van der Waals surface area contributed by atoms with Gasteiger partial charge in [0.25, 0.3) is 0 Å². The predicted molar refractivity (Wildman–Crippen MR) is 60.4 cm³/mol. The molecule has 2 rings (SSSR count). The first-order chi connectivity index (χ1) is 7.19. The van der Waals surface area contributed by atoms with E-state index in [-0.39, 0.29) is 0 Å². The van der Waals surface area contributed by atoms with Gasteiger partial charge in [0, 0.05) is 18.2 Å². The van der Waals surface area contributed by atoms with E-state index in [0.717, 1.165) is 23.6 Å². The van der Waals surface area contributed by atoms with Gasteiger partial charge in [-0.05, 0) is 31.2 Å². The molecule has 0 unspecified atom stereocenters. The Hall–Kier alpha value is -0.960. The molecular formula is C12H19N3. The van der Waals surface area contributed by atoms with E-state index in [2.05, 4.69) is 23.8 Å². The molecular weight excluding hydrogens is 186 g/mol. The molecule has 0 aromatic carbocycles. The summed E-state index contributed by atoms with van der Waals surface area (Å²) in [6, 6.07) is 2.05. The van der Waals surface area contributed by atoms with Crippen molar-refractivity contribution < 1.29 is 0 Å². The van der Waals surface area contributed by atoms with Crippen molar-refractivity contribution in [3.63, 3.8) is 0 Å². The van der Waals surface area contributed by atoms with Crippen LogP contribution in [0.3, 0.4) is 0 Å². The van der Waals surface area contributed by atoms with E-state index in [4.69, 9.17) is 5.73 Å². The first kappa shape index (κ1) is 10.6. The van der Waals surface area contributed by atoms with Gasteiger partial charge in [-0.1, -0.05) is 13.8 Å². The normalized spacial score (nSPS) is 16.0. The molecule has 1 aromatic rings. The number of rotatable bonds is 4. The van der Waals surface area contributed by atoms with Crippen molar-refractivity contribution in [2.45, 2.75) is 45.6 Å². The Kier molecular flexibility index (Phi) is 3.00. The van der Waals surface area contributed by atoms with Crippen molar-refractivity contribution in [3.8, 4) is 0 Å². The highest BCUT2D eigenvalue weighted by atomic mass is 14.9. The lowest BCUT2D eigenvalue weighted by Gasteiger charge is -2.08. The third-order valence-electron chi connectivity index (χ3n) is 2.62. The van der Waals surface area contributed by atoms with Crippen LogP contribution in [0.15, 0.2) is 6.07 Å². The van der Waals surface area contributed by atoms with Gasteiger partial charge in [-0.2, -0.15) is 0 Å². The van der Waals surface area contributed by atoms with Crippen molar-refractivity contribution in [2.24, 2.45) is 11.7 Å². The summed E-state index contributed by atoms with van der Waals surface area (Å²) in [7, 11) is 0. The highest BCUT2D eigenvalue weighted by Crippen LogP contribution is 2.38. The van der Waals surface area contributed by atoms with Crippen molar-refractivity contribution in [1.82, 2.24) is 9.97 Å². The number of hydrogen-bond donors (Lipinski definition) is 1. The molecule has 0 radical (unpaired) electrons. The van der Waals surface area contributed by atoms with Gasteiger partial charge in [0.2, 0.25) is 0 Å². The Morgan fingerprint density at radius 1 is 1.33 bits per heavy atom. The fraction of sp³-hybridized carbons (Fsp3) is 0.667. The predicted octanol–water partition coefficient (Wildman–Crippen LogP) is 2.01. The molecule has 0 bridgehead atoms. The molecule has 1 saturated carbocycles. The standard InChI is InChI=1S/C12H19N3/c1-8(2)5-10-6-11(7-13)15-12(14-10)9-3-4-9/h6,8-9H,3-5,7,13H2,1-2H3. The number of nitrogens with two attached hydrogens (primary N) is 1. The van der Waals surface area contributed by atoms with Crippen LogP contribution in [0.5, 0.6) is 0 Å². The van der Waals surface area contributed by atoms with E-state index >= 15 is 0 Å².